The van der Waals surface area contributed by atoms with E-state index in [9.17, 15) is 24.8 Å². The number of nitrogens with zero attached hydrogens (tertiary/aromatic N) is 3. The summed E-state index contributed by atoms with van der Waals surface area (Å²) in [6, 6.07) is 7.32. The Balaban J connectivity index is 1.71. The van der Waals surface area contributed by atoms with Gasteiger partial charge in [0.05, 0.1) is 16.0 Å². The number of nitro benzene ring substituents is 1. The van der Waals surface area contributed by atoms with E-state index in [4.69, 9.17) is 4.74 Å². The number of carbonyl (C=O) groups is 2. The van der Waals surface area contributed by atoms with E-state index in [1.54, 1.807) is 6.07 Å². The molecule has 0 unspecified atom stereocenters. The molecule has 0 spiro atoms. The topological polar surface area (TPSA) is 137 Å². The molecule has 10 heteroatoms. The van der Waals surface area contributed by atoms with Crippen LogP contribution in [0.15, 0.2) is 36.5 Å². The summed E-state index contributed by atoms with van der Waals surface area (Å²) in [6.45, 7) is 0.654. The highest BCUT2D eigenvalue weighted by molar-refractivity contribution is 5.92. The average molecular weight is 374 g/mol. The van der Waals surface area contributed by atoms with Crippen molar-refractivity contribution in [2.75, 3.05) is 19.8 Å². The standard InChI is InChI=1S/C17H18N4O6/c22-15(18-11-17(16(23)24)5-8-27-9-6-17)14-4-7-20(19-14)12-2-1-3-13(10-12)21(25)26/h1-4,7,10H,5-6,8-9,11H2,(H,18,22)(H,23,24). The average Bonchev–Trinajstić information content (AvgIpc) is 3.17. The van der Waals surface area contributed by atoms with Crippen LogP contribution in [0, 0.1) is 15.5 Å². The minimum Gasteiger partial charge on any atom is -0.481 e. The lowest BCUT2D eigenvalue weighted by Gasteiger charge is -2.32. The number of non-ortho nitro benzene ring substituents is 1. The number of carbonyl (C=O) groups excluding carboxylic acids is 1. The molecule has 2 aromatic rings. The molecule has 1 aromatic heterocycles. The predicted octanol–water partition coefficient (Wildman–Crippen LogP) is 1.39. The maximum Gasteiger partial charge on any atom is 0.311 e. The van der Waals surface area contributed by atoms with Gasteiger partial charge in [-0.15, -0.1) is 0 Å². The number of ether oxygens (including phenoxy) is 1. The van der Waals surface area contributed by atoms with Crippen LogP contribution in [0.3, 0.4) is 0 Å². The molecular weight excluding hydrogens is 356 g/mol. The number of hydrogen-bond donors (Lipinski definition) is 2. The molecule has 0 aliphatic carbocycles. The lowest BCUT2D eigenvalue weighted by atomic mass is 9.80. The van der Waals surface area contributed by atoms with Crippen LogP contribution in [0.5, 0.6) is 0 Å². The zero-order valence-corrected chi connectivity index (χ0v) is 14.3. The van der Waals surface area contributed by atoms with Crippen molar-refractivity contribution >= 4 is 17.6 Å². The summed E-state index contributed by atoms with van der Waals surface area (Å²) in [4.78, 5) is 34.3. The largest absolute Gasteiger partial charge is 0.481 e. The molecular formula is C17H18N4O6. The minimum absolute atomic E-state index is 0.0196. The first-order valence-corrected chi connectivity index (χ1v) is 8.31. The molecule has 27 heavy (non-hydrogen) atoms. The monoisotopic (exact) mass is 374 g/mol. The molecule has 0 radical (unpaired) electrons. The normalized spacial score (nSPS) is 15.9. The maximum atomic E-state index is 12.4. The van der Waals surface area contributed by atoms with E-state index < -0.39 is 22.2 Å². The molecule has 3 rings (SSSR count). The second-order valence-electron chi connectivity index (χ2n) is 6.30. The molecule has 1 saturated heterocycles. The Morgan fingerprint density at radius 2 is 2.07 bits per heavy atom. The van der Waals surface area contributed by atoms with Crippen LogP contribution in [0.2, 0.25) is 0 Å². The van der Waals surface area contributed by atoms with Crippen molar-refractivity contribution < 1.29 is 24.4 Å². The van der Waals surface area contributed by atoms with Gasteiger partial charge in [-0.25, -0.2) is 4.68 Å². The Hall–Kier alpha value is -3.27. The first-order chi connectivity index (χ1) is 12.9. The Morgan fingerprint density at radius 1 is 1.33 bits per heavy atom. The van der Waals surface area contributed by atoms with Gasteiger partial charge >= 0.3 is 5.97 Å². The van der Waals surface area contributed by atoms with Crippen LogP contribution in [0.1, 0.15) is 23.3 Å². The van der Waals surface area contributed by atoms with Gasteiger partial charge in [-0.2, -0.15) is 5.10 Å². The molecule has 1 fully saturated rings. The number of benzene rings is 1. The van der Waals surface area contributed by atoms with Gasteiger partial charge in [-0.3, -0.25) is 19.7 Å². The third-order valence-corrected chi connectivity index (χ3v) is 4.62. The first kappa shape index (κ1) is 18.5. The van der Waals surface area contributed by atoms with Crippen LogP contribution in [0.25, 0.3) is 5.69 Å². The summed E-state index contributed by atoms with van der Waals surface area (Å²) >= 11 is 0. The van der Waals surface area contributed by atoms with Crippen molar-refractivity contribution in [2.24, 2.45) is 5.41 Å². The molecule has 2 N–H and O–H groups in total. The summed E-state index contributed by atoms with van der Waals surface area (Å²) in [5.74, 6) is -1.47. The molecule has 142 valence electrons. The van der Waals surface area contributed by atoms with Crippen LogP contribution in [-0.4, -0.2) is 51.4 Å². The van der Waals surface area contributed by atoms with E-state index in [2.05, 4.69) is 10.4 Å². The number of aromatic nitrogens is 2. The van der Waals surface area contributed by atoms with Gasteiger partial charge in [-0.05, 0) is 25.0 Å². The van der Waals surface area contributed by atoms with E-state index in [-0.39, 0.29) is 17.9 Å². The van der Waals surface area contributed by atoms with Crippen molar-refractivity contribution in [1.29, 1.82) is 0 Å². The summed E-state index contributed by atoms with van der Waals surface area (Å²) in [5, 5.41) is 27.1. The van der Waals surface area contributed by atoms with E-state index in [1.807, 2.05) is 0 Å². The minimum atomic E-state index is -1.05. The van der Waals surface area contributed by atoms with E-state index in [1.165, 1.54) is 35.1 Å². The number of nitro groups is 1. The number of nitrogens with one attached hydrogen (secondary N) is 1. The molecule has 0 bridgehead atoms. The molecule has 1 aliphatic rings. The van der Waals surface area contributed by atoms with Crippen LogP contribution < -0.4 is 5.32 Å². The van der Waals surface area contributed by atoms with E-state index in [0.717, 1.165) is 0 Å². The molecule has 0 atom stereocenters. The second-order valence-corrected chi connectivity index (χ2v) is 6.30. The first-order valence-electron chi connectivity index (χ1n) is 8.31. The van der Waals surface area contributed by atoms with E-state index in [0.29, 0.717) is 31.7 Å². The fourth-order valence-electron chi connectivity index (χ4n) is 2.91. The highest BCUT2D eigenvalue weighted by atomic mass is 16.6. The zero-order valence-electron chi connectivity index (χ0n) is 14.3. The Bertz CT molecular complexity index is 872. The number of hydrogen-bond acceptors (Lipinski definition) is 6. The summed E-state index contributed by atoms with van der Waals surface area (Å²) in [5.41, 5.74) is -0.600. The summed E-state index contributed by atoms with van der Waals surface area (Å²) < 4.78 is 6.56. The van der Waals surface area contributed by atoms with Gasteiger partial charge in [0.15, 0.2) is 5.69 Å². The van der Waals surface area contributed by atoms with Crippen molar-refractivity contribution in [3.8, 4) is 5.69 Å². The van der Waals surface area contributed by atoms with Gasteiger partial charge in [0.25, 0.3) is 11.6 Å². The van der Waals surface area contributed by atoms with Gasteiger partial charge in [0, 0.05) is 38.1 Å². The fraction of sp³-hybridized carbons (Fsp3) is 0.353. The number of amides is 1. The van der Waals surface area contributed by atoms with Crippen molar-refractivity contribution in [3.05, 3.63) is 52.3 Å². The van der Waals surface area contributed by atoms with Crippen LogP contribution in [0.4, 0.5) is 5.69 Å². The Morgan fingerprint density at radius 3 is 2.74 bits per heavy atom. The van der Waals surface area contributed by atoms with Crippen molar-refractivity contribution in [2.45, 2.75) is 12.8 Å². The Kier molecular flexibility index (Phi) is 5.17. The number of rotatable bonds is 6. The quantitative estimate of drug-likeness (QED) is 0.576. The smallest absolute Gasteiger partial charge is 0.311 e. The highest BCUT2D eigenvalue weighted by Gasteiger charge is 2.40. The summed E-state index contributed by atoms with van der Waals surface area (Å²) in [6.07, 6.45) is 2.16. The van der Waals surface area contributed by atoms with Gasteiger partial charge in [0.1, 0.15) is 0 Å². The predicted molar refractivity (Wildman–Crippen MR) is 92.7 cm³/mol. The molecule has 2 heterocycles. The number of carboxylic acid groups (broad SMARTS) is 1. The van der Waals surface area contributed by atoms with Crippen LogP contribution in [-0.2, 0) is 9.53 Å². The zero-order chi connectivity index (χ0) is 19.4. The van der Waals surface area contributed by atoms with Crippen molar-refractivity contribution in [3.63, 3.8) is 0 Å². The molecule has 1 aromatic carbocycles. The maximum absolute atomic E-state index is 12.4. The molecule has 1 aliphatic heterocycles. The van der Waals surface area contributed by atoms with Gasteiger partial charge in [-0.1, -0.05) is 6.07 Å². The second kappa shape index (κ2) is 7.54. The van der Waals surface area contributed by atoms with Gasteiger partial charge in [0.2, 0.25) is 0 Å². The highest BCUT2D eigenvalue weighted by Crippen LogP contribution is 2.30. The lowest BCUT2D eigenvalue weighted by molar-refractivity contribution is -0.384. The molecule has 0 saturated carbocycles. The van der Waals surface area contributed by atoms with Crippen LogP contribution >= 0.6 is 0 Å². The summed E-state index contributed by atoms with van der Waals surface area (Å²) in [7, 11) is 0. The molecule has 1 amide bonds. The Labute approximate surface area is 153 Å². The SMILES string of the molecule is O=C(NCC1(C(=O)O)CCOCC1)c1ccn(-c2cccc([N+](=O)[O-])c2)n1. The lowest BCUT2D eigenvalue weighted by Crippen LogP contribution is -2.46. The van der Waals surface area contributed by atoms with Gasteiger partial charge < -0.3 is 15.2 Å². The third-order valence-electron chi connectivity index (χ3n) is 4.62. The van der Waals surface area contributed by atoms with Crippen molar-refractivity contribution in [1.82, 2.24) is 15.1 Å². The fourth-order valence-corrected chi connectivity index (χ4v) is 2.91. The number of carboxylic acids is 1. The third kappa shape index (κ3) is 3.95. The molecule has 10 nitrogen and oxygen atoms in total. The number of aliphatic carboxylic acids is 1. The van der Waals surface area contributed by atoms with E-state index >= 15 is 0 Å².